The van der Waals surface area contributed by atoms with E-state index in [0.29, 0.717) is 37.6 Å². The molecule has 43 heavy (non-hydrogen) atoms. The van der Waals surface area contributed by atoms with Crippen LogP contribution in [0.5, 0.6) is 5.75 Å². The van der Waals surface area contributed by atoms with Crippen molar-refractivity contribution in [2.24, 2.45) is 4.99 Å². The number of esters is 1. The van der Waals surface area contributed by atoms with Gasteiger partial charge in [-0.2, -0.15) is 0 Å². The third-order valence-corrected chi connectivity index (χ3v) is 8.88. The molecule has 1 aliphatic rings. The number of nitrogens with one attached hydrogen (secondary N) is 1. The summed E-state index contributed by atoms with van der Waals surface area (Å²) in [6.45, 7) is 3.53. The summed E-state index contributed by atoms with van der Waals surface area (Å²) in [4.78, 5) is 46.0. The van der Waals surface area contributed by atoms with Crippen LogP contribution in [0.4, 0.5) is 5.69 Å². The standard InChI is InChI=1S/C33H27N3O5S2/c1-3-40-28(37)19-41-25-16-15-21-10-7-8-13-23(21)24(25)18-27-32(39)36-30(26-14-9-17-42-26)29(20(2)34-33(36)43-27)31(38)35-22-11-5-4-6-12-22/h4-18,30H,3,19H2,1-2H3,(H,35,38)/b27-18-/t30-/m0/s1. The minimum absolute atomic E-state index is 0.254. The number of hydrogen-bond acceptors (Lipinski definition) is 8. The Morgan fingerprint density at radius 1 is 1.02 bits per heavy atom. The maximum atomic E-state index is 14.2. The fourth-order valence-corrected chi connectivity index (χ4v) is 6.92. The van der Waals surface area contributed by atoms with Gasteiger partial charge < -0.3 is 14.8 Å². The quantitative estimate of drug-likeness (QED) is 0.249. The average molecular weight is 610 g/mol. The van der Waals surface area contributed by atoms with Gasteiger partial charge >= 0.3 is 5.97 Å². The van der Waals surface area contributed by atoms with Crippen LogP contribution in [0.2, 0.25) is 0 Å². The molecule has 5 aromatic rings. The second-order valence-electron chi connectivity index (χ2n) is 9.71. The lowest BCUT2D eigenvalue weighted by Crippen LogP contribution is -2.40. The highest BCUT2D eigenvalue weighted by Gasteiger charge is 2.33. The zero-order valence-electron chi connectivity index (χ0n) is 23.4. The maximum absolute atomic E-state index is 14.2. The van der Waals surface area contributed by atoms with Gasteiger partial charge in [0.05, 0.1) is 22.4 Å². The molecule has 0 unspecified atom stereocenters. The molecule has 1 atom stereocenters. The van der Waals surface area contributed by atoms with Crippen molar-refractivity contribution in [2.45, 2.75) is 19.9 Å². The van der Waals surface area contributed by atoms with Crippen molar-refractivity contribution in [2.75, 3.05) is 18.5 Å². The molecule has 0 saturated heterocycles. The predicted molar refractivity (Wildman–Crippen MR) is 169 cm³/mol. The molecule has 10 heteroatoms. The van der Waals surface area contributed by atoms with Crippen LogP contribution >= 0.6 is 22.7 Å². The first kappa shape index (κ1) is 28.3. The van der Waals surface area contributed by atoms with Gasteiger partial charge in [0.2, 0.25) is 0 Å². The minimum Gasteiger partial charge on any atom is -0.481 e. The Bertz CT molecular complexity index is 2040. The molecular formula is C33H27N3O5S2. The Kier molecular flexibility index (Phi) is 8.04. The monoisotopic (exact) mass is 609 g/mol. The summed E-state index contributed by atoms with van der Waals surface area (Å²) in [5.74, 6) is -0.343. The molecule has 8 nitrogen and oxygen atoms in total. The number of benzene rings is 3. The van der Waals surface area contributed by atoms with Gasteiger partial charge in [-0.15, -0.1) is 11.3 Å². The molecule has 0 spiro atoms. The van der Waals surface area contributed by atoms with Crippen molar-refractivity contribution in [3.05, 3.63) is 126 Å². The smallest absolute Gasteiger partial charge is 0.344 e. The number of fused-ring (bicyclic) bond motifs is 2. The molecule has 6 rings (SSSR count). The van der Waals surface area contributed by atoms with Crippen molar-refractivity contribution < 1.29 is 19.1 Å². The zero-order chi connectivity index (χ0) is 29.9. The minimum atomic E-state index is -0.644. The third kappa shape index (κ3) is 5.67. The number of thiazole rings is 1. The maximum Gasteiger partial charge on any atom is 0.344 e. The topological polar surface area (TPSA) is 99.0 Å². The first-order valence-electron chi connectivity index (χ1n) is 13.7. The van der Waals surface area contributed by atoms with Crippen molar-refractivity contribution >= 4 is 57.1 Å². The molecule has 3 aromatic carbocycles. The lowest BCUT2D eigenvalue weighted by molar-refractivity contribution is -0.145. The van der Waals surface area contributed by atoms with E-state index in [2.05, 4.69) is 5.32 Å². The van der Waals surface area contributed by atoms with E-state index >= 15 is 0 Å². The molecule has 216 valence electrons. The van der Waals surface area contributed by atoms with Gasteiger partial charge in [0.15, 0.2) is 11.4 Å². The van der Waals surface area contributed by atoms with E-state index < -0.39 is 12.0 Å². The number of anilines is 1. The van der Waals surface area contributed by atoms with Crippen LogP contribution in [0.25, 0.3) is 16.8 Å². The van der Waals surface area contributed by atoms with Gasteiger partial charge in [-0.05, 0) is 60.3 Å². The van der Waals surface area contributed by atoms with Crippen molar-refractivity contribution in [3.8, 4) is 5.75 Å². The highest BCUT2D eigenvalue weighted by Crippen LogP contribution is 2.33. The Labute approximate surface area is 254 Å². The fourth-order valence-electron chi connectivity index (χ4n) is 5.07. The molecule has 0 saturated carbocycles. The molecule has 1 aliphatic heterocycles. The van der Waals surface area contributed by atoms with Gasteiger partial charge in [0.25, 0.3) is 11.5 Å². The molecule has 1 amide bonds. The van der Waals surface area contributed by atoms with E-state index in [-0.39, 0.29) is 24.7 Å². The van der Waals surface area contributed by atoms with Gasteiger partial charge in [0.1, 0.15) is 11.8 Å². The number of hydrogen-bond donors (Lipinski definition) is 1. The highest BCUT2D eigenvalue weighted by molar-refractivity contribution is 7.10. The molecule has 0 fully saturated rings. The zero-order valence-corrected chi connectivity index (χ0v) is 25.0. The summed E-state index contributed by atoms with van der Waals surface area (Å²) in [6, 6.07) is 23.8. The Morgan fingerprint density at radius 3 is 2.58 bits per heavy atom. The average Bonchev–Trinajstić information content (AvgIpc) is 3.65. The number of aromatic nitrogens is 1. The van der Waals surface area contributed by atoms with Gasteiger partial charge in [0, 0.05) is 16.1 Å². The summed E-state index contributed by atoms with van der Waals surface area (Å²) < 4.78 is 12.9. The Morgan fingerprint density at radius 2 is 1.81 bits per heavy atom. The first-order valence-corrected chi connectivity index (χ1v) is 15.4. The number of nitrogens with zero attached hydrogens (tertiary/aromatic N) is 2. The number of amides is 1. The van der Waals surface area contributed by atoms with Crippen LogP contribution in [0, 0.1) is 0 Å². The van der Waals surface area contributed by atoms with Crippen LogP contribution in [-0.4, -0.2) is 29.7 Å². The number of allylic oxidation sites excluding steroid dienone is 1. The molecule has 2 aromatic heterocycles. The number of para-hydroxylation sites is 1. The number of rotatable bonds is 8. The van der Waals surface area contributed by atoms with E-state index in [9.17, 15) is 14.4 Å². The van der Waals surface area contributed by atoms with Crippen LogP contribution in [0.3, 0.4) is 0 Å². The number of carbonyl (C=O) groups is 2. The first-order chi connectivity index (χ1) is 20.9. The Hall–Kier alpha value is -4.80. The second kappa shape index (κ2) is 12.2. The summed E-state index contributed by atoms with van der Waals surface area (Å²) in [5, 5.41) is 6.71. The summed E-state index contributed by atoms with van der Waals surface area (Å²) in [6.07, 6.45) is 1.78. The summed E-state index contributed by atoms with van der Waals surface area (Å²) >= 11 is 2.73. The predicted octanol–water partition coefficient (Wildman–Crippen LogP) is 5.03. The number of ether oxygens (including phenoxy) is 2. The lowest BCUT2D eigenvalue weighted by atomic mass is 10.0. The summed E-state index contributed by atoms with van der Waals surface area (Å²) in [7, 11) is 0. The van der Waals surface area contributed by atoms with E-state index in [1.54, 1.807) is 30.6 Å². The van der Waals surface area contributed by atoms with E-state index in [1.807, 2.05) is 78.2 Å². The second-order valence-corrected chi connectivity index (χ2v) is 11.7. The number of carbonyl (C=O) groups excluding carboxylic acids is 2. The van der Waals surface area contributed by atoms with Crippen molar-refractivity contribution in [1.82, 2.24) is 4.57 Å². The molecule has 0 radical (unpaired) electrons. The molecule has 0 aliphatic carbocycles. The van der Waals surface area contributed by atoms with E-state index in [0.717, 1.165) is 15.6 Å². The highest BCUT2D eigenvalue weighted by atomic mass is 32.1. The van der Waals surface area contributed by atoms with Gasteiger partial charge in [-0.3, -0.25) is 14.2 Å². The lowest BCUT2D eigenvalue weighted by Gasteiger charge is -2.24. The van der Waals surface area contributed by atoms with Crippen LogP contribution < -0.4 is 24.9 Å². The SMILES string of the molecule is CCOC(=O)COc1ccc2ccccc2c1/C=c1\sc2n(c1=O)[C@@H](c1cccs1)C(C(=O)Nc1ccccc1)=C(C)N=2. The molecule has 3 heterocycles. The van der Waals surface area contributed by atoms with Gasteiger partial charge in [-0.25, -0.2) is 9.79 Å². The molecule has 0 bridgehead atoms. The number of thiophene rings is 1. The van der Waals surface area contributed by atoms with Gasteiger partial charge in [-0.1, -0.05) is 65.9 Å². The Balaban J connectivity index is 1.49. The van der Waals surface area contributed by atoms with Crippen LogP contribution in [0.15, 0.2) is 105 Å². The van der Waals surface area contributed by atoms with Crippen molar-refractivity contribution in [3.63, 3.8) is 0 Å². The largest absolute Gasteiger partial charge is 0.481 e. The van der Waals surface area contributed by atoms with E-state index in [1.165, 1.54) is 22.7 Å². The fraction of sp³-hybridized carbons (Fsp3) is 0.152. The normalized spacial score (nSPS) is 14.7. The van der Waals surface area contributed by atoms with Crippen molar-refractivity contribution in [1.29, 1.82) is 0 Å². The van der Waals surface area contributed by atoms with Crippen LogP contribution in [-0.2, 0) is 14.3 Å². The molecular weight excluding hydrogens is 583 g/mol. The summed E-state index contributed by atoms with van der Waals surface area (Å²) in [5.41, 5.74) is 2.00. The third-order valence-electron chi connectivity index (χ3n) is 6.97. The van der Waals surface area contributed by atoms with Crippen LogP contribution in [0.1, 0.15) is 30.3 Å². The van der Waals surface area contributed by atoms with E-state index in [4.69, 9.17) is 14.5 Å². The molecule has 1 N–H and O–H groups in total.